The van der Waals surface area contributed by atoms with Crippen LogP contribution >= 0.6 is 0 Å². The summed E-state index contributed by atoms with van der Waals surface area (Å²) >= 11 is 0. The van der Waals surface area contributed by atoms with Gasteiger partial charge in [-0.3, -0.25) is 4.79 Å². The number of nitrogens with one attached hydrogen (secondary N) is 1. The maximum atomic E-state index is 11.3. The smallest absolute Gasteiger partial charge is 0.313 e. The standard InChI is InChI=1S/C14H20N2O2/c1-14(2,13(17)18)11-4-3-5-12(10-11)16-8-6-15-7-9-16/h3-5,10,15H,6-9H2,1-2H3,(H,17,18). The molecule has 1 aromatic carbocycles. The minimum atomic E-state index is -0.843. The SMILES string of the molecule is CC(C)(C(=O)O)c1cccc(N2CCNCC2)c1. The number of piperazine rings is 1. The highest BCUT2D eigenvalue weighted by Crippen LogP contribution is 2.27. The Morgan fingerprint density at radius 2 is 2.00 bits per heavy atom. The predicted molar refractivity (Wildman–Crippen MR) is 72.2 cm³/mol. The zero-order chi connectivity index (χ0) is 13.2. The van der Waals surface area contributed by atoms with E-state index in [9.17, 15) is 9.90 Å². The van der Waals surface area contributed by atoms with Crippen LogP contribution in [0, 0.1) is 0 Å². The summed E-state index contributed by atoms with van der Waals surface area (Å²) in [6.07, 6.45) is 0. The van der Waals surface area contributed by atoms with Crippen LogP contribution in [0.25, 0.3) is 0 Å². The molecule has 1 aliphatic heterocycles. The van der Waals surface area contributed by atoms with E-state index in [4.69, 9.17) is 0 Å². The Balaban J connectivity index is 2.27. The van der Waals surface area contributed by atoms with Gasteiger partial charge >= 0.3 is 5.97 Å². The molecule has 0 spiro atoms. The van der Waals surface area contributed by atoms with Crippen molar-refractivity contribution < 1.29 is 9.90 Å². The van der Waals surface area contributed by atoms with Gasteiger partial charge in [0.25, 0.3) is 0 Å². The summed E-state index contributed by atoms with van der Waals surface area (Å²) in [5, 5.41) is 12.6. The number of carboxylic acid groups (broad SMARTS) is 1. The van der Waals surface area contributed by atoms with Crippen molar-refractivity contribution in [3.8, 4) is 0 Å². The van der Waals surface area contributed by atoms with E-state index >= 15 is 0 Å². The number of benzene rings is 1. The van der Waals surface area contributed by atoms with Gasteiger partial charge in [-0.1, -0.05) is 12.1 Å². The molecule has 2 N–H and O–H groups in total. The highest BCUT2D eigenvalue weighted by Gasteiger charge is 2.29. The molecule has 1 saturated heterocycles. The first-order valence-electron chi connectivity index (χ1n) is 6.31. The number of carbonyl (C=O) groups is 1. The molecule has 0 saturated carbocycles. The van der Waals surface area contributed by atoms with Gasteiger partial charge in [0.2, 0.25) is 0 Å². The molecule has 4 heteroatoms. The molecule has 0 aromatic heterocycles. The molecule has 0 amide bonds. The highest BCUT2D eigenvalue weighted by atomic mass is 16.4. The maximum absolute atomic E-state index is 11.3. The minimum absolute atomic E-state index is 0.792. The fourth-order valence-corrected chi connectivity index (χ4v) is 2.14. The third-order valence-corrected chi connectivity index (χ3v) is 3.58. The van der Waals surface area contributed by atoms with Gasteiger partial charge in [0, 0.05) is 31.9 Å². The number of hydrogen-bond acceptors (Lipinski definition) is 3. The van der Waals surface area contributed by atoms with Crippen LogP contribution in [0.15, 0.2) is 24.3 Å². The average Bonchev–Trinajstić information content (AvgIpc) is 2.40. The molecule has 1 fully saturated rings. The van der Waals surface area contributed by atoms with E-state index in [1.165, 1.54) is 0 Å². The van der Waals surface area contributed by atoms with Gasteiger partial charge in [-0.2, -0.15) is 0 Å². The van der Waals surface area contributed by atoms with E-state index in [-0.39, 0.29) is 0 Å². The monoisotopic (exact) mass is 248 g/mol. The van der Waals surface area contributed by atoms with Crippen molar-refractivity contribution in [3.63, 3.8) is 0 Å². The maximum Gasteiger partial charge on any atom is 0.313 e. The molecular weight excluding hydrogens is 228 g/mol. The number of anilines is 1. The average molecular weight is 248 g/mol. The van der Waals surface area contributed by atoms with Crippen LogP contribution in [0.3, 0.4) is 0 Å². The molecule has 1 aliphatic rings. The third kappa shape index (κ3) is 2.48. The molecule has 0 radical (unpaired) electrons. The van der Waals surface area contributed by atoms with Gasteiger partial charge in [-0.15, -0.1) is 0 Å². The molecule has 0 aliphatic carbocycles. The van der Waals surface area contributed by atoms with Crippen LogP contribution in [-0.4, -0.2) is 37.3 Å². The van der Waals surface area contributed by atoms with Crippen LogP contribution in [0.5, 0.6) is 0 Å². The Kier molecular flexibility index (Phi) is 3.57. The van der Waals surface area contributed by atoms with Crippen molar-refractivity contribution in [1.29, 1.82) is 0 Å². The Bertz CT molecular complexity index is 437. The summed E-state index contributed by atoms with van der Waals surface area (Å²) < 4.78 is 0. The second-order valence-electron chi connectivity index (χ2n) is 5.22. The molecule has 4 nitrogen and oxygen atoms in total. The molecular formula is C14H20N2O2. The van der Waals surface area contributed by atoms with E-state index in [0.29, 0.717) is 0 Å². The van der Waals surface area contributed by atoms with E-state index in [1.807, 2.05) is 24.3 Å². The van der Waals surface area contributed by atoms with Crippen LogP contribution in [0.1, 0.15) is 19.4 Å². The first-order valence-corrected chi connectivity index (χ1v) is 6.31. The van der Waals surface area contributed by atoms with Crippen LogP contribution < -0.4 is 10.2 Å². The lowest BCUT2D eigenvalue weighted by atomic mass is 9.84. The topological polar surface area (TPSA) is 52.6 Å². The third-order valence-electron chi connectivity index (χ3n) is 3.58. The Labute approximate surface area is 108 Å². The zero-order valence-electron chi connectivity index (χ0n) is 10.9. The van der Waals surface area contributed by atoms with Gasteiger partial charge in [0.1, 0.15) is 0 Å². The quantitative estimate of drug-likeness (QED) is 0.850. The van der Waals surface area contributed by atoms with Gasteiger partial charge in [0.05, 0.1) is 5.41 Å². The largest absolute Gasteiger partial charge is 0.481 e. The van der Waals surface area contributed by atoms with Crippen molar-refractivity contribution >= 4 is 11.7 Å². The Morgan fingerprint density at radius 3 is 2.61 bits per heavy atom. The van der Waals surface area contributed by atoms with Gasteiger partial charge in [-0.25, -0.2) is 0 Å². The summed E-state index contributed by atoms with van der Waals surface area (Å²) in [6.45, 7) is 7.38. The first-order chi connectivity index (χ1) is 8.51. The van der Waals surface area contributed by atoms with E-state index in [1.54, 1.807) is 13.8 Å². The first kappa shape index (κ1) is 12.9. The fourth-order valence-electron chi connectivity index (χ4n) is 2.14. The summed E-state index contributed by atoms with van der Waals surface area (Å²) in [7, 11) is 0. The van der Waals surface area contributed by atoms with Gasteiger partial charge in [0.15, 0.2) is 0 Å². The Hall–Kier alpha value is -1.55. The van der Waals surface area contributed by atoms with Crippen molar-refractivity contribution in [1.82, 2.24) is 5.32 Å². The van der Waals surface area contributed by atoms with Crippen LogP contribution in [0.2, 0.25) is 0 Å². The minimum Gasteiger partial charge on any atom is -0.481 e. The summed E-state index contributed by atoms with van der Waals surface area (Å²) in [4.78, 5) is 13.6. The number of aliphatic carboxylic acids is 1. The Morgan fingerprint density at radius 1 is 1.33 bits per heavy atom. The number of nitrogens with zero attached hydrogens (tertiary/aromatic N) is 1. The second kappa shape index (κ2) is 4.98. The summed E-state index contributed by atoms with van der Waals surface area (Å²) in [5.74, 6) is -0.792. The molecule has 0 bridgehead atoms. The van der Waals surface area contributed by atoms with Crippen molar-refractivity contribution in [2.45, 2.75) is 19.3 Å². The van der Waals surface area contributed by atoms with E-state index in [2.05, 4.69) is 10.2 Å². The molecule has 2 rings (SSSR count). The predicted octanol–water partition coefficient (Wildman–Crippen LogP) is 1.46. The number of carboxylic acids is 1. The molecule has 0 atom stereocenters. The summed E-state index contributed by atoms with van der Waals surface area (Å²) in [5.41, 5.74) is 1.12. The zero-order valence-corrected chi connectivity index (χ0v) is 10.9. The van der Waals surface area contributed by atoms with Crippen LogP contribution in [0.4, 0.5) is 5.69 Å². The molecule has 1 aromatic rings. The van der Waals surface area contributed by atoms with Crippen molar-refractivity contribution in [2.24, 2.45) is 0 Å². The fraction of sp³-hybridized carbons (Fsp3) is 0.500. The van der Waals surface area contributed by atoms with E-state index in [0.717, 1.165) is 37.4 Å². The molecule has 98 valence electrons. The van der Waals surface area contributed by atoms with Crippen molar-refractivity contribution in [2.75, 3.05) is 31.1 Å². The highest BCUT2D eigenvalue weighted by molar-refractivity contribution is 5.80. The number of rotatable bonds is 3. The summed E-state index contributed by atoms with van der Waals surface area (Å²) in [6, 6.07) is 7.88. The lowest BCUT2D eigenvalue weighted by Crippen LogP contribution is -2.43. The van der Waals surface area contributed by atoms with Crippen LogP contribution in [-0.2, 0) is 10.2 Å². The molecule has 1 heterocycles. The second-order valence-corrected chi connectivity index (χ2v) is 5.22. The molecule has 0 unspecified atom stereocenters. The normalized spacial score (nSPS) is 16.7. The van der Waals surface area contributed by atoms with Gasteiger partial charge < -0.3 is 15.3 Å². The number of hydrogen-bond donors (Lipinski definition) is 2. The van der Waals surface area contributed by atoms with Gasteiger partial charge in [-0.05, 0) is 31.5 Å². The molecule has 18 heavy (non-hydrogen) atoms. The lowest BCUT2D eigenvalue weighted by Gasteiger charge is -2.30. The van der Waals surface area contributed by atoms with E-state index < -0.39 is 11.4 Å². The lowest BCUT2D eigenvalue weighted by molar-refractivity contribution is -0.142. The van der Waals surface area contributed by atoms with Crippen molar-refractivity contribution in [3.05, 3.63) is 29.8 Å².